The van der Waals surface area contributed by atoms with Gasteiger partial charge in [-0.05, 0) is 36.0 Å². The van der Waals surface area contributed by atoms with Crippen molar-refractivity contribution in [3.05, 3.63) is 44.5 Å². The number of Topliss-reactive ketones (excluding diaryl/α,β-unsaturated/α-hetero) is 1. The molecule has 5 heteroatoms. The molecule has 1 aromatic heterocycles. The summed E-state index contributed by atoms with van der Waals surface area (Å²) in [4.78, 5) is 22.5. The number of carbonyl (C=O) groups is 1. The highest BCUT2D eigenvalue weighted by atomic mass is 32.1. The van der Waals surface area contributed by atoms with Crippen molar-refractivity contribution in [1.29, 1.82) is 0 Å². The summed E-state index contributed by atoms with van der Waals surface area (Å²) in [6.45, 7) is 3.34. The molecule has 0 aliphatic carbocycles. The largest absolute Gasteiger partial charge is 0.330 e. The van der Waals surface area contributed by atoms with Gasteiger partial charge < -0.3 is 0 Å². The second-order valence-corrected chi connectivity index (χ2v) is 4.42. The van der Waals surface area contributed by atoms with E-state index in [1.54, 1.807) is 6.07 Å². The summed E-state index contributed by atoms with van der Waals surface area (Å²) in [5.74, 6) is -0.187. The first-order valence-electron chi connectivity index (χ1n) is 4.76. The third-order valence-electron chi connectivity index (χ3n) is 2.10. The van der Waals surface area contributed by atoms with E-state index >= 15 is 0 Å². The lowest BCUT2D eigenvalue weighted by Crippen LogP contribution is -2.12. The number of hydrogen-bond acceptors (Lipinski definition) is 4. The van der Waals surface area contributed by atoms with Gasteiger partial charge in [-0.25, -0.2) is 0 Å². The Balaban J connectivity index is 2.56. The molecular formula is C11H10N2O2S. The van der Waals surface area contributed by atoms with E-state index in [0.717, 1.165) is 16.9 Å². The average Bonchev–Trinajstić information content (AvgIpc) is 2.60. The van der Waals surface area contributed by atoms with Gasteiger partial charge in [0.2, 0.25) is 0 Å². The van der Waals surface area contributed by atoms with Crippen molar-refractivity contribution in [1.82, 2.24) is 9.78 Å². The van der Waals surface area contributed by atoms with Crippen molar-refractivity contribution in [3.8, 4) is 5.69 Å². The molecule has 0 fully saturated rings. The molecule has 2 rings (SSSR count). The highest BCUT2D eigenvalue weighted by molar-refractivity contribution is 7.11. The molecule has 0 N–H and O–H groups in total. The predicted octanol–water partition coefficient (Wildman–Crippen LogP) is 1.81. The Morgan fingerprint density at radius 3 is 2.75 bits per heavy atom. The van der Waals surface area contributed by atoms with E-state index in [0.29, 0.717) is 5.69 Å². The van der Waals surface area contributed by atoms with Crippen LogP contribution in [0.15, 0.2) is 29.1 Å². The van der Waals surface area contributed by atoms with Crippen molar-refractivity contribution in [2.45, 2.75) is 13.8 Å². The summed E-state index contributed by atoms with van der Waals surface area (Å²) in [6.07, 6.45) is 0. The van der Waals surface area contributed by atoms with E-state index in [1.165, 1.54) is 11.6 Å². The summed E-state index contributed by atoms with van der Waals surface area (Å²) in [5, 5.41) is 4.24. The molecule has 0 aliphatic heterocycles. The normalized spacial score (nSPS) is 10.4. The van der Waals surface area contributed by atoms with Crippen LogP contribution in [0.3, 0.4) is 0 Å². The molecule has 0 amide bonds. The molecule has 16 heavy (non-hydrogen) atoms. The Labute approximate surface area is 96.2 Å². The Morgan fingerprint density at radius 2 is 2.19 bits per heavy atom. The summed E-state index contributed by atoms with van der Waals surface area (Å²) < 4.78 is 1.26. The maximum absolute atomic E-state index is 11.6. The minimum absolute atomic E-state index is 0.187. The molecule has 0 bridgehead atoms. The smallest absolute Gasteiger partial charge is 0.292 e. The Bertz CT molecular complexity index is 598. The quantitative estimate of drug-likeness (QED) is 0.744. The lowest BCUT2D eigenvalue weighted by Gasteiger charge is -1.99. The number of aromatic nitrogens is 2. The van der Waals surface area contributed by atoms with E-state index in [2.05, 4.69) is 5.10 Å². The topological polar surface area (TPSA) is 52.0 Å². The molecule has 0 atom stereocenters. The zero-order valence-corrected chi connectivity index (χ0v) is 9.75. The number of benzene rings is 1. The highest BCUT2D eigenvalue weighted by Crippen LogP contribution is 2.09. The summed E-state index contributed by atoms with van der Waals surface area (Å²) in [7, 11) is 0. The minimum Gasteiger partial charge on any atom is -0.292 e. The van der Waals surface area contributed by atoms with Gasteiger partial charge in [0.25, 0.3) is 0 Å². The minimum atomic E-state index is -0.240. The monoisotopic (exact) mass is 234 g/mol. The first-order valence-corrected chi connectivity index (χ1v) is 5.58. The number of hydrogen-bond donors (Lipinski definition) is 0. The van der Waals surface area contributed by atoms with Crippen LogP contribution in [0.4, 0.5) is 0 Å². The van der Waals surface area contributed by atoms with Gasteiger partial charge in [0.15, 0.2) is 10.8 Å². The Kier molecular flexibility index (Phi) is 2.70. The number of nitrogens with zero attached hydrogens (tertiary/aromatic N) is 2. The Morgan fingerprint density at radius 1 is 1.44 bits per heavy atom. The van der Waals surface area contributed by atoms with E-state index in [4.69, 9.17) is 0 Å². The fourth-order valence-electron chi connectivity index (χ4n) is 1.34. The van der Waals surface area contributed by atoms with Crippen LogP contribution in [0.5, 0.6) is 0 Å². The van der Waals surface area contributed by atoms with Crippen LogP contribution in [-0.2, 0) is 0 Å². The van der Waals surface area contributed by atoms with Gasteiger partial charge in [0.1, 0.15) is 0 Å². The molecule has 1 heterocycles. The zero-order valence-electron chi connectivity index (χ0n) is 8.93. The number of rotatable bonds is 2. The van der Waals surface area contributed by atoms with Gasteiger partial charge in [-0.1, -0.05) is 12.1 Å². The summed E-state index contributed by atoms with van der Waals surface area (Å²) in [5.41, 5.74) is 1.73. The van der Waals surface area contributed by atoms with E-state index < -0.39 is 0 Å². The fourth-order valence-corrected chi connectivity index (χ4v) is 2.01. The molecule has 82 valence electrons. The first kappa shape index (κ1) is 10.8. The number of aryl methyl sites for hydroxylation is 1. The van der Waals surface area contributed by atoms with Gasteiger partial charge in [-0.2, -0.15) is 4.68 Å². The van der Waals surface area contributed by atoms with Crippen LogP contribution in [0, 0.1) is 6.92 Å². The third-order valence-corrected chi connectivity index (χ3v) is 3.01. The molecule has 2 aromatic rings. The first-order chi connectivity index (χ1) is 7.58. The van der Waals surface area contributed by atoms with E-state index in [1.807, 2.05) is 25.1 Å². The Hall–Kier alpha value is -1.75. The lowest BCUT2D eigenvalue weighted by atomic mass is 10.2. The molecule has 0 radical (unpaired) electrons. The third kappa shape index (κ3) is 1.94. The van der Waals surface area contributed by atoms with Crippen LogP contribution >= 0.6 is 11.3 Å². The second-order valence-electron chi connectivity index (χ2n) is 3.48. The molecule has 0 aliphatic rings. The van der Waals surface area contributed by atoms with Crippen LogP contribution < -0.4 is 4.87 Å². The van der Waals surface area contributed by atoms with Crippen LogP contribution in [0.1, 0.15) is 22.3 Å². The SMILES string of the molecule is CC(=O)c1nn(-c2cccc(C)c2)c(=O)s1. The van der Waals surface area contributed by atoms with Crippen molar-refractivity contribution >= 4 is 17.1 Å². The molecular weight excluding hydrogens is 224 g/mol. The fraction of sp³-hybridized carbons (Fsp3) is 0.182. The molecule has 4 nitrogen and oxygen atoms in total. The van der Waals surface area contributed by atoms with Crippen molar-refractivity contribution in [3.63, 3.8) is 0 Å². The number of ketones is 1. The van der Waals surface area contributed by atoms with Gasteiger partial charge in [-0.3, -0.25) is 9.59 Å². The van der Waals surface area contributed by atoms with Gasteiger partial charge in [0.05, 0.1) is 5.69 Å². The summed E-state index contributed by atoms with van der Waals surface area (Å²) in [6, 6.07) is 7.43. The predicted molar refractivity (Wildman–Crippen MR) is 62.5 cm³/mol. The van der Waals surface area contributed by atoms with E-state index in [-0.39, 0.29) is 15.7 Å². The van der Waals surface area contributed by atoms with Gasteiger partial charge in [-0.15, -0.1) is 5.10 Å². The van der Waals surface area contributed by atoms with Crippen LogP contribution in [0.2, 0.25) is 0 Å². The van der Waals surface area contributed by atoms with E-state index in [9.17, 15) is 9.59 Å². The maximum Gasteiger partial charge on any atom is 0.330 e. The number of carbonyl (C=O) groups excluding carboxylic acids is 1. The molecule has 0 spiro atoms. The summed E-state index contributed by atoms with van der Waals surface area (Å²) >= 11 is 0.870. The molecule has 0 saturated carbocycles. The zero-order chi connectivity index (χ0) is 11.7. The lowest BCUT2D eigenvalue weighted by molar-refractivity contribution is 0.101. The maximum atomic E-state index is 11.6. The molecule has 0 unspecified atom stereocenters. The second kappa shape index (κ2) is 4.02. The van der Waals surface area contributed by atoms with Crippen molar-refractivity contribution in [2.24, 2.45) is 0 Å². The molecule has 0 saturated heterocycles. The standard InChI is InChI=1S/C11H10N2O2S/c1-7-4-3-5-9(6-7)13-11(15)16-10(12-13)8(2)14/h3-6H,1-2H3. The van der Waals surface area contributed by atoms with Crippen LogP contribution in [-0.4, -0.2) is 15.6 Å². The van der Waals surface area contributed by atoms with Crippen molar-refractivity contribution in [2.75, 3.05) is 0 Å². The van der Waals surface area contributed by atoms with Gasteiger partial charge >= 0.3 is 4.87 Å². The van der Waals surface area contributed by atoms with Crippen LogP contribution in [0.25, 0.3) is 5.69 Å². The molecule has 1 aromatic carbocycles. The average molecular weight is 234 g/mol. The van der Waals surface area contributed by atoms with Gasteiger partial charge in [0, 0.05) is 6.92 Å². The highest BCUT2D eigenvalue weighted by Gasteiger charge is 2.11. The van der Waals surface area contributed by atoms with Crippen molar-refractivity contribution < 1.29 is 4.79 Å².